The number of methoxy groups -OCH3 is 2. The third kappa shape index (κ3) is 4.09. The van der Waals surface area contributed by atoms with Crippen molar-refractivity contribution in [3.05, 3.63) is 18.2 Å². The Labute approximate surface area is 125 Å². The molecule has 116 valence electrons. The van der Waals surface area contributed by atoms with Gasteiger partial charge in [-0.3, -0.25) is 0 Å². The predicted molar refractivity (Wildman–Crippen MR) is 78.8 cm³/mol. The molecule has 0 saturated carbocycles. The zero-order chi connectivity index (χ0) is 15.9. The molecule has 0 aromatic heterocycles. The van der Waals surface area contributed by atoms with Crippen LogP contribution in [0.3, 0.4) is 0 Å². The largest absolute Gasteiger partial charge is 0.497 e. The summed E-state index contributed by atoms with van der Waals surface area (Å²) in [6.45, 7) is 2.40. The van der Waals surface area contributed by atoms with Crippen molar-refractivity contribution in [2.45, 2.75) is 24.7 Å². The van der Waals surface area contributed by atoms with Crippen LogP contribution >= 0.6 is 0 Å². The molecular formula is C14H20N2O4S. The lowest BCUT2D eigenvalue weighted by Gasteiger charge is -2.22. The minimum absolute atomic E-state index is 0.0516. The van der Waals surface area contributed by atoms with Crippen molar-refractivity contribution in [1.82, 2.24) is 4.31 Å². The second-order valence-corrected chi connectivity index (χ2v) is 6.24. The first-order valence-corrected chi connectivity index (χ1v) is 8.04. The number of ether oxygens (including phenoxy) is 2. The monoisotopic (exact) mass is 312 g/mol. The molecule has 0 atom stereocenters. The van der Waals surface area contributed by atoms with Crippen molar-refractivity contribution in [1.29, 1.82) is 5.26 Å². The second kappa shape index (κ2) is 7.86. The molecule has 0 spiro atoms. The molecule has 0 aliphatic rings. The average molecular weight is 312 g/mol. The van der Waals surface area contributed by atoms with Crippen molar-refractivity contribution in [3.63, 3.8) is 0 Å². The summed E-state index contributed by atoms with van der Waals surface area (Å²) in [7, 11) is -0.847. The third-order valence-corrected chi connectivity index (χ3v) is 4.85. The fourth-order valence-corrected chi connectivity index (χ4v) is 3.60. The van der Waals surface area contributed by atoms with Gasteiger partial charge in [-0.2, -0.15) is 9.57 Å². The van der Waals surface area contributed by atoms with Crippen LogP contribution in [0.25, 0.3) is 0 Å². The van der Waals surface area contributed by atoms with E-state index >= 15 is 0 Å². The Morgan fingerprint density at radius 2 is 1.95 bits per heavy atom. The second-order valence-electron chi connectivity index (χ2n) is 4.33. The Balaban J connectivity index is 3.29. The highest BCUT2D eigenvalue weighted by molar-refractivity contribution is 7.89. The Kier molecular flexibility index (Phi) is 6.46. The van der Waals surface area contributed by atoms with Crippen LogP contribution < -0.4 is 9.47 Å². The van der Waals surface area contributed by atoms with Gasteiger partial charge in [-0.25, -0.2) is 8.42 Å². The highest BCUT2D eigenvalue weighted by Gasteiger charge is 2.27. The Morgan fingerprint density at radius 3 is 2.48 bits per heavy atom. The van der Waals surface area contributed by atoms with Gasteiger partial charge in [0.15, 0.2) is 0 Å². The van der Waals surface area contributed by atoms with E-state index in [0.29, 0.717) is 18.7 Å². The van der Waals surface area contributed by atoms with E-state index in [-0.39, 0.29) is 23.6 Å². The maximum Gasteiger partial charge on any atom is 0.246 e. The van der Waals surface area contributed by atoms with E-state index in [0.717, 1.165) is 0 Å². The van der Waals surface area contributed by atoms with Crippen LogP contribution in [-0.4, -0.2) is 40.0 Å². The van der Waals surface area contributed by atoms with E-state index in [4.69, 9.17) is 14.7 Å². The van der Waals surface area contributed by atoms with Crippen molar-refractivity contribution in [3.8, 4) is 17.6 Å². The molecule has 0 N–H and O–H groups in total. The number of nitriles is 1. The standard InChI is InChI=1S/C14H20N2O4S/c1-4-9-16(10-5-8-15)21(17,18)14-11-12(19-2)6-7-13(14)20-3/h6-7,11H,4-5,9-10H2,1-3H3. The van der Waals surface area contributed by atoms with Crippen molar-refractivity contribution in [2.75, 3.05) is 27.3 Å². The summed E-state index contributed by atoms with van der Waals surface area (Å²) in [6, 6.07) is 6.59. The SMILES string of the molecule is CCCN(CCC#N)S(=O)(=O)c1cc(OC)ccc1OC. The zero-order valence-electron chi connectivity index (χ0n) is 12.5. The van der Waals surface area contributed by atoms with Crippen LogP contribution in [0.4, 0.5) is 0 Å². The maximum atomic E-state index is 12.8. The molecule has 0 fully saturated rings. The lowest BCUT2D eigenvalue weighted by atomic mass is 10.3. The molecule has 7 heteroatoms. The number of benzene rings is 1. The molecule has 1 aromatic rings. The fraction of sp³-hybridized carbons (Fsp3) is 0.500. The van der Waals surface area contributed by atoms with Gasteiger partial charge in [-0.1, -0.05) is 6.92 Å². The highest BCUT2D eigenvalue weighted by Crippen LogP contribution is 2.30. The molecule has 0 amide bonds. The molecule has 1 aromatic carbocycles. The highest BCUT2D eigenvalue weighted by atomic mass is 32.2. The third-order valence-electron chi connectivity index (χ3n) is 2.93. The van der Waals surface area contributed by atoms with E-state index in [2.05, 4.69) is 0 Å². The Hall–Kier alpha value is -1.78. The molecule has 21 heavy (non-hydrogen) atoms. The summed E-state index contributed by atoms with van der Waals surface area (Å²) < 4.78 is 37.0. The molecule has 0 aliphatic carbocycles. The molecule has 0 heterocycles. The predicted octanol–water partition coefficient (Wildman–Crippen LogP) is 2.02. The minimum Gasteiger partial charge on any atom is -0.497 e. The van der Waals surface area contributed by atoms with Gasteiger partial charge >= 0.3 is 0 Å². The average Bonchev–Trinajstić information content (AvgIpc) is 2.50. The van der Waals surface area contributed by atoms with Crippen molar-refractivity contribution >= 4 is 10.0 Å². The van der Waals surface area contributed by atoms with Gasteiger partial charge in [0.25, 0.3) is 0 Å². The molecule has 0 bridgehead atoms. The number of hydrogen-bond acceptors (Lipinski definition) is 5. The van der Waals surface area contributed by atoms with Gasteiger partial charge < -0.3 is 9.47 Å². The van der Waals surface area contributed by atoms with Crippen LogP contribution in [0.1, 0.15) is 19.8 Å². The lowest BCUT2D eigenvalue weighted by Crippen LogP contribution is -2.33. The Bertz CT molecular complexity index is 608. The van der Waals surface area contributed by atoms with Crippen LogP contribution in [0, 0.1) is 11.3 Å². The number of hydrogen-bond donors (Lipinski definition) is 0. The van der Waals surface area contributed by atoms with E-state index in [1.165, 1.54) is 24.6 Å². The van der Waals surface area contributed by atoms with Gasteiger partial charge in [0, 0.05) is 25.6 Å². The quantitative estimate of drug-likeness (QED) is 0.733. The van der Waals surface area contributed by atoms with Gasteiger partial charge in [-0.15, -0.1) is 0 Å². The summed E-state index contributed by atoms with van der Waals surface area (Å²) in [5.74, 6) is 0.694. The number of sulfonamides is 1. The minimum atomic E-state index is -3.73. The molecule has 0 saturated heterocycles. The maximum absolute atomic E-state index is 12.8. The van der Waals surface area contributed by atoms with E-state index < -0.39 is 10.0 Å². The molecule has 1 rings (SSSR count). The van der Waals surface area contributed by atoms with Gasteiger partial charge in [-0.05, 0) is 18.6 Å². The van der Waals surface area contributed by atoms with Crippen LogP contribution in [0.15, 0.2) is 23.1 Å². The number of rotatable bonds is 8. The van der Waals surface area contributed by atoms with E-state index in [9.17, 15) is 8.42 Å². The lowest BCUT2D eigenvalue weighted by molar-refractivity contribution is 0.382. The van der Waals surface area contributed by atoms with E-state index in [1.54, 1.807) is 12.1 Å². The first-order chi connectivity index (χ1) is 10.0. The summed E-state index contributed by atoms with van der Waals surface area (Å²) in [5, 5.41) is 8.69. The van der Waals surface area contributed by atoms with Crippen LogP contribution in [-0.2, 0) is 10.0 Å². The van der Waals surface area contributed by atoms with E-state index in [1.807, 2.05) is 13.0 Å². The summed E-state index contributed by atoms with van der Waals surface area (Å²) >= 11 is 0. The molecular weight excluding hydrogens is 292 g/mol. The fourth-order valence-electron chi connectivity index (χ4n) is 1.90. The summed E-state index contributed by atoms with van der Waals surface area (Å²) in [5.41, 5.74) is 0. The zero-order valence-corrected chi connectivity index (χ0v) is 13.3. The smallest absolute Gasteiger partial charge is 0.246 e. The van der Waals surface area contributed by atoms with Crippen molar-refractivity contribution in [2.24, 2.45) is 0 Å². The molecule has 0 radical (unpaired) electrons. The molecule has 0 aliphatic heterocycles. The van der Waals surface area contributed by atoms with Crippen LogP contribution in [0.5, 0.6) is 11.5 Å². The molecule has 6 nitrogen and oxygen atoms in total. The van der Waals surface area contributed by atoms with Gasteiger partial charge in [0.2, 0.25) is 10.0 Å². The summed E-state index contributed by atoms with van der Waals surface area (Å²) in [4.78, 5) is 0.0516. The normalized spacial score (nSPS) is 11.2. The Morgan fingerprint density at radius 1 is 1.24 bits per heavy atom. The first kappa shape index (κ1) is 17.3. The van der Waals surface area contributed by atoms with Crippen LogP contribution in [0.2, 0.25) is 0 Å². The first-order valence-electron chi connectivity index (χ1n) is 6.60. The molecule has 0 unspecified atom stereocenters. The number of nitrogens with zero attached hydrogens (tertiary/aromatic N) is 2. The topological polar surface area (TPSA) is 79.6 Å². The van der Waals surface area contributed by atoms with Gasteiger partial charge in [0.1, 0.15) is 16.4 Å². The summed E-state index contributed by atoms with van der Waals surface area (Å²) in [6.07, 6.45) is 0.808. The van der Waals surface area contributed by atoms with Crippen molar-refractivity contribution < 1.29 is 17.9 Å². The van der Waals surface area contributed by atoms with Gasteiger partial charge in [0.05, 0.1) is 20.3 Å².